The molecule has 0 bridgehead atoms. The summed E-state index contributed by atoms with van der Waals surface area (Å²) in [4.78, 5) is 27.3. The van der Waals surface area contributed by atoms with Crippen molar-refractivity contribution in [3.63, 3.8) is 0 Å². The molecule has 0 aliphatic heterocycles. The number of amides is 1. The molecule has 3 N–H and O–H groups in total. The maximum absolute atomic E-state index is 10.9. The fourth-order valence-corrected chi connectivity index (χ4v) is 0.693. The molecule has 0 fully saturated rings. The molecule has 8 nitrogen and oxygen atoms in total. The predicted molar refractivity (Wildman–Crippen MR) is 40.3 cm³/mol. The maximum atomic E-state index is 10.9. The Labute approximate surface area is 71.9 Å². The molecular weight excluding hydrogens is 178 g/mol. The standard InChI is InChI=1S/C5H5N5O3/c6-9-5(11)3-4(10(12)13)8-2-1-7-3/h1-2H,6H2,(H,9,11). The van der Waals surface area contributed by atoms with Crippen molar-refractivity contribution >= 4 is 11.7 Å². The van der Waals surface area contributed by atoms with E-state index in [-0.39, 0.29) is 0 Å². The van der Waals surface area contributed by atoms with Crippen molar-refractivity contribution in [1.29, 1.82) is 0 Å². The first-order valence-electron chi connectivity index (χ1n) is 3.13. The molecule has 0 aliphatic rings. The number of nitrogens with zero attached hydrogens (tertiary/aromatic N) is 3. The molecule has 0 aliphatic carbocycles. The lowest BCUT2D eigenvalue weighted by Crippen LogP contribution is -2.31. The summed E-state index contributed by atoms with van der Waals surface area (Å²) in [5.41, 5.74) is 1.32. The second-order valence-electron chi connectivity index (χ2n) is 1.96. The van der Waals surface area contributed by atoms with E-state index in [0.717, 1.165) is 12.4 Å². The summed E-state index contributed by atoms with van der Waals surface area (Å²) in [5.74, 6) is 3.32. The number of nitrogen functional groups attached to an aromatic ring is 1. The van der Waals surface area contributed by atoms with Gasteiger partial charge >= 0.3 is 5.82 Å². The van der Waals surface area contributed by atoms with Crippen molar-refractivity contribution in [2.75, 3.05) is 0 Å². The van der Waals surface area contributed by atoms with Crippen molar-refractivity contribution in [2.45, 2.75) is 0 Å². The van der Waals surface area contributed by atoms with Crippen molar-refractivity contribution in [1.82, 2.24) is 15.4 Å². The first-order chi connectivity index (χ1) is 6.16. The zero-order chi connectivity index (χ0) is 9.84. The second-order valence-corrected chi connectivity index (χ2v) is 1.96. The zero-order valence-corrected chi connectivity index (χ0v) is 6.30. The Hall–Kier alpha value is -2.09. The van der Waals surface area contributed by atoms with Crippen LogP contribution in [0.3, 0.4) is 0 Å². The number of aromatic nitrogens is 2. The van der Waals surface area contributed by atoms with Gasteiger partial charge in [-0.1, -0.05) is 0 Å². The van der Waals surface area contributed by atoms with Crippen LogP contribution in [0.25, 0.3) is 0 Å². The molecule has 0 atom stereocenters. The molecule has 8 heteroatoms. The zero-order valence-electron chi connectivity index (χ0n) is 6.30. The van der Waals surface area contributed by atoms with Gasteiger partial charge in [0.2, 0.25) is 5.69 Å². The topological polar surface area (TPSA) is 124 Å². The average Bonchev–Trinajstić information content (AvgIpc) is 2.16. The van der Waals surface area contributed by atoms with Crippen LogP contribution in [0.5, 0.6) is 0 Å². The Morgan fingerprint density at radius 3 is 2.69 bits per heavy atom. The van der Waals surface area contributed by atoms with Crippen LogP contribution in [-0.2, 0) is 0 Å². The number of carbonyl (C=O) groups excluding carboxylic acids is 1. The number of nitrogens with one attached hydrogen (secondary N) is 1. The SMILES string of the molecule is NNC(=O)c1nccnc1[N+](=O)[O-]. The molecule has 0 aromatic carbocycles. The van der Waals surface area contributed by atoms with Gasteiger partial charge in [0.1, 0.15) is 0 Å². The van der Waals surface area contributed by atoms with Gasteiger partial charge in [-0.2, -0.15) is 0 Å². The number of rotatable bonds is 2. The Morgan fingerprint density at radius 2 is 2.15 bits per heavy atom. The van der Waals surface area contributed by atoms with Crippen molar-refractivity contribution < 1.29 is 9.72 Å². The van der Waals surface area contributed by atoms with Gasteiger partial charge in [-0.3, -0.25) is 10.2 Å². The van der Waals surface area contributed by atoms with Crippen LogP contribution in [0, 0.1) is 10.1 Å². The van der Waals surface area contributed by atoms with Crippen molar-refractivity contribution in [3.8, 4) is 0 Å². The lowest BCUT2D eigenvalue weighted by Gasteiger charge is -1.97. The third kappa shape index (κ3) is 1.73. The van der Waals surface area contributed by atoms with E-state index in [2.05, 4.69) is 9.97 Å². The van der Waals surface area contributed by atoms with Gasteiger partial charge in [-0.05, 0) is 9.91 Å². The van der Waals surface area contributed by atoms with Crippen LogP contribution in [0.4, 0.5) is 5.82 Å². The van der Waals surface area contributed by atoms with Gasteiger partial charge in [0.25, 0.3) is 5.91 Å². The number of hydrogen-bond acceptors (Lipinski definition) is 6. The summed E-state index contributed by atoms with van der Waals surface area (Å²) in [7, 11) is 0. The molecular formula is C5H5N5O3. The highest BCUT2D eigenvalue weighted by molar-refractivity contribution is 5.94. The summed E-state index contributed by atoms with van der Waals surface area (Å²) in [6.45, 7) is 0. The maximum Gasteiger partial charge on any atom is 0.395 e. The highest BCUT2D eigenvalue weighted by atomic mass is 16.6. The Balaban J connectivity index is 3.19. The Bertz CT molecular complexity index is 352. The van der Waals surface area contributed by atoms with Crippen LogP contribution in [-0.4, -0.2) is 20.8 Å². The summed E-state index contributed by atoms with van der Waals surface area (Å²) >= 11 is 0. The monoisotopic (exact) mass is 183 g/mol. The van der Waals surface area contributed by atoms with E-state index in [1.807, 2.05) is 0 Å². The smallest absolute Gasteiger partial charge is 0.358 e. The van der Waals surface area contributed by atoms with E-state index in [4.69, 9.17) is 5.84 Å². The third-order valence-corrected chi connectivity index (χ3v) is 1.20. The molecule has 1 aromatic heterocycles. The van der Waals surface area contributed by atoms with E-state index >= 15 is 0 Å². The summed E-state index contributed by atoms with van der Waals surface area (Å²) in [6.07, 6.45) is 2.28. The van der Waals surface area contributed by atoms with Crippen LogP contribution >= 0.6 is 0 Å². The van der Waals surface area contributed by atoms with E-state index < -0.39 is 22.3 Å². The Kier molecular flexibility index (Phi) is 2.45. The summed E-state index contributed by atoms with van der Waals surface area (Å²) < 4.78 is 0. The molecule has 1 aromatic rings. The fourth-order valence-electron chi connectivity index (χ4n) is 0.693. The number of carbonyl (C=O) groups is 1. The van der Waals surface area contributed by atoms with Crippen LogP contribution < -0.4 is 11.3 Å². The lowest BCUT2D eigenvalue weighted by atomic mass is 10.4. The molecule has 1 amide bonds. The van der Waals surface area contributed by atoms with Gasteiger partial charge in [0.15, 0.2) is 6.20 Å². The van der Waals surface area contributed by atoms with Gasteiger partial charge < -0.3 is 10.1 Å². The fraction of sp³-hybridized carbons (Fsp3) is 0. The summed E-state index contributed by atoms with van der Waals surface area (Å²) in [6, 6.07) is 0. The summed E-state index contributed by atoms with van der Waals surface area (Å²) in [5, 5.41) is 10.3. The van der Waals surface area contributed by atoms with E-state index in [1.165, 1.54) is 0 Å². The molecule has 68 valence electrons. The van der Waals surface area contributed by atoms with Crippen molar-refractivity contribution in [3.05, 3.63) is 28.2 Å². The van der Waals surface area contributed by atoms with Gasteiger partial charge in [-0.25, -0.2) is 10.8 Å². The number of nitro groups is 1. The lowest BCUT2D eigenvalue weighted by molar-refractivity contribution is -0.390. The minimum Gasteiger partial charge on any atom is -0.358 e. The average molecular weight is 183 g/mol. The van der Waals surface area contributed by atoms with Crippen LogP contribution in [0.2, 0.25) is 0 Å². The number of hydrazine groups is 1. The largest absolute Gasteiger partial charge is 0.395 e. The first kappa shape index (κ1) is 9.00. The molecule has 0 unspecified atom stereocenters. The van der Waals surface area contributed by atoms with Gasteiger partial charge in [0.05, 0.1) is 6.20 Å². The first-order valence-corrected chi connectivity index (χ1v) is 3.13. The van der Waals surface area contributed by atoms with Crippen LogP contribution in [0.15, 0.2) is 12.4 Å². The molecule has 0 saturated carbocycles. The third-order valence-electron chi connectivity index (χ3n) is 1.20. The van der Waals surface area contributed by atoms with Crippen LogP contribution in [0.1, 0.15) is 10.5 Å². The van der Waals surface area contributed by atoms with E-state index in [9.17, 15) is 14.9 Å². The minimum atomic E-state index is -0.847. The molecule has 0 saturated heterocycles. The van der Waals surface area contributed by atoms with E-state index in [0.29, 0.717) is 0 Å². The quantitative estimate of drug-likeness (QED) is 0.262. The van der Waals surface area contributed by atoms with Gasteiger partial charge in [-0.15, -0.1) is 0 Å². The molecule has 0 spiro atoms. The number of hydrogen-bond donors (Lipinski definition) is 2. The predicted octanol–water partition coefficient (Wildman–Crippen LogP) is -1.01. The second kappa shape index (κ2) is 3.54. The number of nitrogens with two attached hydrogens (primary N) is 1. The Morgan fingerprint density at radius 1 is 1.54 bits per heavy atom. The normalized spacial score (nSPS) is 9.31. The molecule has 1 heterocycles. The van der Waals surface area contributed by atoms with Gasteiger partial charge in [0, 0.05) is 0 Å². The minimum absolute atomic E-state index is 0.407. The highest BCUT2D eigenvalue weighted by Crippen LogP contribution is 2.09. The molecule has 0 radical (unpaired) electrons. The molecule has 13 heavy (non-hydrogen) atoms. The van der Waals surface area contributed by atoms with E-state index in [1.54, 1.807) is 5.43 Å². The highest BCUT2D eigenvalue weighted by Gasteiger charge is 2.21. The molecule has 1 rings (SSSR count). The van der Waals surface area contributed by atoms with Crippen molar-refractivity contribution in [2.24, 2.45) is 5.84 Å².